The molecular formula is C21H32N4O2. The molecule has 1 aromatic rings. The van der Waals surface area contributed by atoms with Crippen LogP contribution in [0.25, 0.3) is 0 Å². The summed E-state index contributed by atoms with van der Waals surface area (Å²) in [5.74, 6) is 0.969. The van der Waals surface area contributed by atoms with E-state index in [-0.39, 0.29) is 17.8 Å². The predicted molar refractivity (Wildman–Crippen MR) is 107 cm³/mol. The quantitative estimate of drug-likeness (QED) is 0.487. The first kappa shape index (κ1) is 19.7. The highest BCUT2D eigenvalue weighted by Crippen LogP contribution is 2.24. The van der Waals surface area contributed by atoms with E-state index >= 15 is 0 Å². The maximum absolute atomic E-state index is 11.9. The number of carbonyl (C=O) groups excluding carboxylic acids is 1. The number of benzene rings is 1. The van der Waals surface area contributed by atoms with Crippen LogP contribution in [0.5, 0.6) is 0 Å². The fourth-order valence-corrected chi connectivity index (χ4v) is 4.29. The van der Waals surface area contributed by atoms with Crippen LogP contribution in [-0.2, 0) is 16.1 Å². The van der Waals surface area contributed by atoms with E-state index in [2.05, 4.69) is 57.4 Å². The zero-order valence-electron chi connectivity index (χ0n) is 16.7. The maximum Gasteiger partial charge on any atom is 0.310 e. The van der Waals surface area contributed by atoms with E-state index < -0.39 is 0 Å². The molecule has 0 saturated carbocycles. The molecule has 0 amide bonds. The normalized spacial score (nSPS) is 26.4. The average molecular weight is 373 g/mol. The molecule has 148 valence electrons. The highest BCUT2D eigenvalue weighted by Gasteiger charge is 2.37. The number of guanidine groups is 1. The van der Waals surface area contributed by atoms with Gasteiger partial charge in [-0.15, -0.1) is 0 Å². The molecule has 2 saturated heterocycles. The number of nitrogens with one attached hydrogen (secondary N) is 1. The van der Waals surface area contributed by atoms with Crippen LogP contribution >= 0.6 is 0 Å². The van der Waals surface area contributed by atoms with Crippen LogP contribution in [0.2, 0.25) is 0 Å². The van der Waals surface area contributed by atoms with Crippen LogP contribution in [-0.4, -0.2) is 68.1 Å². The summed E-state index contributed by atoms with van der Waals surface area (Å²) in [7, 11) is 3.28. The van der Waals surface area contributed by atoms with E-state index in [9.17, 15) is 4.79 Å². The molecule has 0 radical (unpaired) electrons. The van der Waals surface area contributed by atoms with Crippen molar-refractivity contribution in [1.82, 2.24) is 15.1 Å². The van der Waals surface area contributed by atoms with Gasteiger partial charge in [0.2, 0.25) is 0 Å². The van der Waals surface area contributed by atoms with E-state index in [1.165, 1.54) is 25.5 Å². The summed E-state index contributed by atoms with van der Waals surface area (Å²) in [6.45, 7) is 6.63. The van der Waals surface area contributed by atoms with Crippen molar-refractivity contribution >= 4 is 11.9 Å². The fraction of sp³-hybridized carbons (Fsp3) is 0.619. The van der Waals surface area contributed by atoms with Crippen molar-refractivity contribution in [1.29, 1.82) is 0 Å². The Bertz CT molecular complexity index is 649. The van der Waals surface area contributed by atoms with Gasteiger partial charge in [0.15, 0.2) is 5.96 Å². The van der Waals surface area contributed by atoms with Gasteiger partial charge in [-0.05, 0) is 30.9 Å². The Morgan fingerprint density at radius 1 is 1.30 bits per heavy atom. The van der Waals surface area contributed by atoms with Crippen molar-refractivity contribution in [2.24, 2.45) is 16.8 Å². The van der Waals surface area contributed by atoms with Crippen molar-refractivity contribution in [2.75, 3.05) is 40.3 Å². The lowest BCUT2D eigenvalue weighted by Crippen LogP contribution is -2.46. The van der Waals surface area contributed by atoms with E-state index in [0.717, 1.165) is 32.1 Å². The van der Waals surface area contributed by atoms with Gasteiger partial charge in [0.1, 0.15) is 0 Å². The number of methoxy groups -OCH3 is 1. The van der Waals surface area contributed by atoms with Gasteiger partial charge in [0, 0.05) is 39.3 Å². The summed E-state index contributed by atoms with van der Waals surface area (Å²) in [5.41, 5.74) is 1.36. The Labute approximate surface area is 162 Å². The molecule has 6 nitrogen and oxygen atoms in total. The minimum atomic E-state index is -0.120. The number of hydrogen-bond donors (Lipinski definition) is 1. The third-order valence-electron chi connectivity index (χ3n) is 5.85. The zero-order valence-corrected chi connectivity index (χ0v) is 16.7. The molecule has 2 heterocycles. The zero-order chi connectivity index (χ0) is 19.2. The minimum Gasteiger partial charge on any atom is -0.469 e. The predicted octanol–water partition coefficient (Wildman–Crippen LogP) is 1.97. The van der Waals surface area contributed by atoms with Crippen molar-refractivity contribution in [3.63, 3.8) is 0 Å². The Balaban J connectivity index is 1.54. The van der Waals surface area contributed by atoms with Gasteiger partial charge in [0.25, 0.3) is 0 Å². The van der Waals surface area contributed by atoms with E-state index in [0.29, 0.717) is 12.6 Å². The fourth-order valence-electron chi connectivity index (χ4n) is 4.29. The van der Waals surface area contributed by atoms with Gasteiger partial charge in [0.05, 0.1) is 13.0 Å². The number of ether oxygens (including phenoxy) is 1. The Kier molecular flexibility index (Phi) is 6.72. The van der Waals surface area contributed by atoms with E-state index in [1.807, 2.05) is 7.05 Å². The summed E-state index contributed by atoms with van der Waals surface area (Å²) in [4.78, 5) is 21.1. The van der Waals surface area contributed by atoms with Gasteiger partial charge in [-0.25, -0.2) is 0 Å². The van der Waals surface area contributed by atoms with Crippen LogP contribution in [0.3, 0.4) is 0 Å². The molecule has 3 atom stereocenters. The van der Waals surface area contributed by atoms with Crippen molar-refractivity contribution in [2.45, 2.75) is 32.4 Å². The molecule has 0 spiro atoms. The summed E-state index contributed by atoms with van der Waals surface area (Å²) >= 11 is 0. The van der Waals surface area contributed by atoms with Gasteiger partial charge in [-0.1, -0.05) is 37.3 Å². The molecule has 2 aliphatic heterocycles. The maximum atomic E-state index is 11.9. The number of aliphatic imine (C=N–C) groups is 1. The number of nitrogens with zero attached hydrogens (tertiary/aromatic N) is 3. The first-order valence-corrected chi connectivity index (χ1v) is 9.93. The van der Waals surface area contributed by atoms with Crippen LogP contribution in [0, 0.1) is 11.8 Å². The molecule has 3 unspecified atom stereocenters. The number of likely N-dealkylation sites (tertiary alicyclic amines) is 2. The molecule has 0 bridgehead atoms. The molecule has 2 fully saturated rings. The summed E-state index contributed by atoms with van der Waals surface area (Å²) in [5, 5.41) is 3.55. The Hall–Kier alpha value is -2.08. The van der Waals surface area contributed by atoms with Crippen LogP contribution in [0.4, 0.5) is 0 Å². The number of carbonyl (C=O) groups is 1. The molecule has 3 rings (SSSR count). The minimum absolute atomic E-state index is 0.0744. The first-order valence-electron chi connectivity index (χ1n) is 9.93. The Morgan fingerprint density at radius 3 is 2.78 bits per heavy atom. The lowest BCUT2D eigenvalue weighted by Gasteiger charge is -2.28. The largest absolute Gasteiger partial charge is 0.469 e. The molecule has 0 aliphatic carbocycles. The second-order valence-electron chi connectivity index (χ2n) is 7.69. The molecule has 0 aromatic heterocycles. The highest BCUT2D eigenvalue weighted by atomic mass is 16.5. The van der Waals surface area contributed by atoms with Gasteiger partial charge >= 0.3 is 5.97 Å². The molecule has 6 heteroatoms. The summed E-state index contributed by atoms with van der Waals surface area (Å²) in [6.07, 6.45) is 2.45. The van der Waals surface area contributed by atoms with Gasteiger partial charge in [-0.3, -0.25) is 14.7 Å². The lowest BCUT2D eigenvalue weighted by atomic mass is 9.99. The molecule has 1 N–H and O–H groups in total. The second kappa shape index (κ2) is 9.22. The molecule has 27 heavy (non-hydrogen) atoms. The molecule has 1 aromatic carbocycles. The third kappa shape index (κ3) is 4.80. The van der Waals surface area contributed by atoms with Crippen LogP contribution in [0.15, 0.2) is 35.3 Å². The van der Waals surface area contributed by atoms with E-state index in [1.54, 1.807) is 0 Å². The monoisotopic (exact) mass is 372 g/mol. The molecule has 2 aliphatic rings. The van der Waals surface area contributed by atoms with Crippen molar-refractivity contribution in [3.8, 4) is 0 Å². The number of rotatable bonds is 5. The number of hydrogen-bond acceptors (Lipinski definition) is 4. The third-order valence-corrected chi connectivity index (χ3v) is 5.85. The standard InChI is InChI=1S/C21H32N4O2/c1-16-13-25(15-19(16)20(26)27-3)21(22-2)23-12-18-10-7-11-24(18)14-17-8-5-4-6-9-17/h4-6,8-9,16,18-19H,7,10-15H2,1-3H3,(H,22,23). The Morgan fingerprint density at radius 2 is 2.07 bits per heavy atom. The summed E-state index contributed by atoms with van der Waals surface area (Å²) < 4.78 is 4.95. The molecular weight excluding hydrogens is 340 g/mol. The van der Waals surface area contributed by atoms with Crippen LogP contribution in [0.1, 0.15) is 25.3 Å². The van der Waals surface area contributed by atoms with Gasteiger partial charge < -0.3 is 15.0 Å². The van der Waals surface area contributed by atoms with Crippen LogP contribution < -0.4 is 5.32 Å². The second-order valence-corrected chi connectivity index (χ2v) is 7.69. The smallest absolute Gasteiger partial charge is 0.310 e. The topological polar surface area (TPSA) is 57.2 Å². The first-order chi connectivity index (χ1) is 13.1. The lowest BCUT2D eigenvalue weighted by molar-refractivity contribution is -0.145. The SMILES string of the molecule is CN=C(NCC1CCCN1Cc1ccccc1)N1CC(C)C(C(=O)OC)C1. The van der Waals surface area contributed by atoms with Crippen molar-refractivity contribution < 1.29 is 9.53 Å². The highest BCUT2D eigenvalue weighted by molar-refractivity contribution is 5.82. The number of esters is 1. The van der Waals surface area contributed by atoms with Gasteiger partial charge in [-0.2, -0.15) is 0 Å². The van der Waals surface area contributed by atoms with Crippen molar-refractivity contribution in [3.05, 3.63) is 35.9 Å². The summed E-state index contributed by atoms with van der Waals surface area (Å²) in [6, 6.07) is 11.2. The van der Waals surface area contributed by atoms with E-state index in [4.69, 9.17) is 4.74 Å². The average Bonchev–Trinajstić information content (AvgIpc) is 3.29.